The summed E-state index contributed by atoms with van der Waals surface area (Å²) in [6, 6.07) is -0.880. The van der Waals surface area contributed by atoms with Crippen molar-refractivity contribution >= 4 is 24.1 Å². The highest BCUT2D eigenvalue weighted by atomic mass is 32.2. The minimum Gasteiger partial charge on any atom is -0.480 e. The van der Waals surface area contributed by atoms with Crippen molar-refractivity contribution in [1.29, 1.82) is 0 Å². The zero-order valence-corrected chi connectivity index (χ0v) is 12.6. The van der Waals surface area contributed by atoms with Crippen LogP contribution < -0.4 is 5.32 Å². The molecule has 0 saturated carbocycles. The van der Waals surface area contributed by atoms with Gasteiger partial charge in [-0.25, -0.2) is 4.79 Å². The highest BCUT2D eigenvalue weighted by molar-refractivity contribution is 7.99. The summed E-state index contributed by atoms with van der Waals surface area (Å²) < 4.78 is 10.3. The third kappa shape index (κ3) is 10.0. The van der Waals surface area contributed by atoms with Crippen molar-refractivity contribution in [2.24, 2.45) is 0 Å². The Labute approximate surface area is 123 Å². The predicted molar refractivity (Wildman–Crippen MR) is 75.9 cm³/mol. The van der Waals surface area contributed by atoms with E-state index in [4.69, 9.17) is 14.6 Å². The smallest absolute Gasteiger partial charge is 0.326 e. The van der Waals surface area contributed by atoms with Crippen LogP contribution in [0.25, 0.3) is 0 Å². The van der Waals surface area contributed by atoms with Gasteiger partial charge in [-0.2, -0.15) is 11.8 Å². The van der Waals surface area contributed by atoms with Crippen LogP contribution in [-0.2, 0) is 19.1 Å². The number of carbonyl (C=O) groups is 2. The average molecular weight is 309 g/mol. The molecule has 0 saturated heterocycles. The van der Waals surface area contributed by atoms with Gasteiger partial charge in [-0.3, -0.25) is 4.79 Å². The van der Waals surface area contributed by atoms with Crippen molar-refractivity contribution in [3.63, 3.8) is 0 Å². The van der Waals surface area contributed by atoms with E-state index < -0.39 is 18.1 Å². The fourth-order valence-electron chi connectivity index (χ4n) is 1.39. The lowest BCUT2D eigenvalue weighted by molar-refractivity contribution is -0.140. The van der Waals surface area contributed by atoms with E-state index in [0.717, 1.165) is 0 Å². The molecule has 8 heteroatoms. The SMILES string of the molecule is COCC(C)OCC(O)CSCCC(NC=O)C(=O)O. The number of thioether (sulfide) groups is 1. The molecule has 0 aromatic rings. The molecule has 3 atom stereocenters. The Balaban J connectivity index is 3.67. The van der Waals surface area contributed by atoms with Gasteiger partial charge in [-0.1, -0.05) is 0 Å². The number of hydrogen-bond acceptors (Lipinski definition) is 6. The first-order valence-corrected chi connectivity index (χ1v) is 7.45. The van der Waals surface area contributed by atoms with Crippen LogP contribution in [0.1, 0.15) is 13.3 Å². The Morgan fingerprint density at radius 2 is 2.15 bits per heavy atom. The number of amides is 1. The molecule has 118 valence electrons. The van der Waals surface area contributed by atoms with Gasteiger partial charge in [-0.05, 0) is 19.1 Å². The first-order valence-electron chi connectivity index (χ1n) is 6.30. The summed E-state index contributed by atoms with van der Waals surface area (Å²) in [5.74, 6) is -0.0784. The Morgan fingerprint density at radius 3 is 2.70 bits per heavy atom. The van der Waals surface area contributed by atoms with Gasteiger partial charge in [0.25, 0.3) is 0 Å². The molecule has 0 spiro atoms. The molecular weight excluding hydrogens is 286 g/mol. The number of ether oxygens (including phenoxy) is 2. The first-order chi connectivity index (χ1) is 9.51. The van der Waals surface area contributed by atoms with Gasteiger partial charge in [0, 0.05) is 12.9 Å². The predicted octanol–water partition coefficient (Wildman–Crippen LogP) is -0.279. The molecule has 3 unspecified atom stereocenters. The fraction of sp³-hybridized carbons (Fsp3) is 0.833. The van der Waals surface area contributed by atoms with Crippen LogP contribution in [0.5, 0.6) is 0 Å². The van der Waals surface area contributed by atoms with E-state index in [-0.39, 0.29) is 12.7 Å². The molecule has 3 N–H and O–H groups in total. The highest BCUT2D eigenvalue weighted by Gasteiger charge is 2.16. The van der Waals surface area contributed by atoms with Gasteiger partial charge in [0.05, 0.1) is 25.4 Å². The molecule has 0 heterocycles. The quantitative estimate of drug-likeness (QED) is 0.317. The lowest BCUT2D eigenvalue weighted by Gasteiger charge is -2.16. The summed E-state index contributed by atoms with van der Waals surface area (Å²) in [7, 11) is 1.58. The van der Waals surface area contributed by atoms with Crippen molar-refractivity contribution in [3.05, 3.63) is 0 Å². The van der Waals surface area contributed by atoms with E-state index in [1.165, 1.54) is 11.8 Å². The summed E-state index contributed by atoms with van der Waals surface area (Å²) in [5, 5.41) is 20.7. The molecule has 0 fully saturated rings. The van der Waals surface area contributed by atoms with Crippen LogP contribution in [0.4, 0.5) is 0 Å². The van der Waals surface area contributed by atoms with E-state index in [1.807, 2.05) is 6.92 Å². The summed E-state index contributed by atoms with van der Waals surface area (Å²) in [6.07, 6.45) is 0.00451. The van der Waals surface area contributed by atoms with E-state index in [9.17, 15) is 14.7 Å². The maximum Gasteiger partial charge on any atom is 0.326 e. The molecule has 0 aliphatic carbocycles. The van der Waals surface area contributed by atoms with E-state index in [0.29, 0.717) is 30.9 Å². The molecule has 20 heavy (non-hydrogen) atoms. The Kier molecular flexibility index (Phi) is 11.5. The van der Waals surface area contributed by atoms with Crippen molar-refractivity contribution < 1.29 is 29.3 Å². The minimum atomic E-state index is -1.06. The van der Waals surface area contributed by atoms with Gasteiger partial charge in [0.1, 0.15) is 6.04 Å². The fourth-order valence-corrected chi connectivity index (χ4v) is 2.32. The van der Waals surface area contributed by atoms with Crippen molar-refractivity contribution in [2.75, 3.05) is 31.8 Å². The molecule has 0 aliphatic rings. The lowest BCUT2D eigenvalue weighted by atomic mass is 10.2. The number of carboxylic acid groups (broad SMARTS) is 1. The minimum absolute atomic E-state index is 0.0761. The van der Waals surface area contributed by atoms with Crippen LogP contribution >= 0.6 is 11.8 Å². The number of aliphatic hydroxyl groups excluding tert-OH is 1. The van der Waals surface area contributed by atoms with Crippen molar-refractivity contribution in [3.8, 4) is 0 Å². The Morgan fingerprint density at radius 1 is 1.45 bits per heavy atom. The van der Waals surface area contributed by atoms with E-state index >= 15 is 0 Å². The zero-order chi connectivity index (χ0) is 15.4. The van der Waals surface area contributed by atoms with Crippen LogP contribution in [-0.4, -0.2) is 72.7 Å². The maximum absolute atomic E-state index is 10.7. The number of hydrogen-bond donors (Lipinski definition) is 3. The number of aliphatic hydroxyl groups is 1. The van der Waals surface area contributed by atoms with Gasteiger partial charge in [0.2, 0.25) is 6.41 Å². The first kappa shape index (κ1) is 19.2. The number of methoxy groups -OCH3 is 1. The summed E-state index contributed by atoms with van der Waals surface area (Å²) in [4.78, 5) is 21.0. The van der Waals surface area contributed by atoms with Gasteiger partial charge >= 0.3 is 5.97 Å². The molecule has 0 aromatic heterocycles. The second-order valence-corrected chi connectivity index (χ2v) is 5.44. The number of carbonyl (C=O) groups excluding carboxylic acids is 1. The summed E-state index contributed by atoms with van der Waals surface area (Å²) >= 11 is 1.42. The third-order valence-electron chi connectivity index (χ3n) is 2.40. The van der Waals surface area contributed by atoms with Gasteiger partial charge in [-0.15, -0.1) is 0 Å². The van der Waals surface area contributed by atoms with E-state index in [2.05, 4.69) is 5.32 Å². The molecule has 7 nitrogen and oxygen atoms in total. The highest BCUT2D eigenvalue weighted by Crippen LogP contribution is 2.08. The topological polar surface area (TPSA) is 105 Å². The molecule has 0 radical (unpaired) electrons. The third-order valence-corrected chi connectivity index (χ3v) is 3.55. The molecule has 1 amide bonds. The van der Waals surface area contributed by atoms with Gasteiger partial charge < -0.3 is 25.0 Å². The number of nitrogens with one attached hydrogen (secondary N) is 1. The molecule has 0 aliphatic heterocycles. The number of carboxylic acids is 1. The normalized spacial score (nSPS) is 15.3. The Bertz CT molecular complexity index is 279. The Hall–Kier alpha value is -0.830. The maximum atomic E-state index is 10.7. The largest absolute Gasteiger partial charge is 0.480 e. The molecule has 0 rings (SSSR count). The summed E-state index contributed by atoms with van der Waals surface area (Å²) in [6.45, 7) is 2.54. The number of rotatable bonds is 13. The van der Waals surface area contributed by atoms with Crippen molar-refractivity contribution in [2.45, 2.75) is 31.6 Å². The number of aliphatic carboxylic acids is 1. The summed E-state index contributed by atoms with van der Waals surface area (Å²) in [5.41, 5.74) is 0. The van der Waals surface area contributed by atoms with Crippen LogP contribution in [0.3, 0.4) is 0 Å². The van der Waals surface area contributed by atoms with Crippen LogP contribution in [0, 0.1) is 0 Å². The lowest BCUT2D eigenvalue weighted by Crippen LogP contribution is -2.36. The second kappa shape index (κ2) is 12.0. The zero-order valence-electron chi connectivity index (χ0n) is 11.8. The van der Waals surface area contributed by atoms with Crippen LogP contribution in [0.15, 0.2) is 0 Å². The van der Waals surface area contributed by atoms with E-state index in [1.54, 1.807) is 7.11 Å². The molecule has 0 bridgehead atoms. The van der Waals surface area contributed by atoms with Crippen molar-refractivity contribution in [1.82, 2.24) is 5.32 Å². The molecular formula is C12H23NO6S. The monoisotopic (exact) mass is 309 g/mol. The molecule has 0 aromatic carbocycles. The van der Waals surface area contributed by atoms with Crippen LogP contribution in [0.2, 0.25) is 0 Å². The second-order valence-electron chi connectivity index (χ2n) is 4.29. The van der Waals surface area contributed by atoms with Gasteiger partial charge in [0.15, 0.2) is 0 Å². The standard InChI is InChI=1S/C12H23NO6S/c1-9(5-18-2)19-6-10(15)7-20-4-3-11(12(16)17)13-8-14/h8-11,15H,3-7H2,1-2H3,(H,13,14)(H,16,17). The average Bonchev–Trinajstić information content (AvgIpc) is 2.40.